The summed E-state index contributed by atoms with van der Waals surface area (Å²) in [5, 5.41) is 22.3. The van der Waals surface area contributed by atoms with Crippen LogP contribution < -0.4 is 0 Å². The molecule has 1 aromatic rings. The molecule has 1 aliphatic carbocycles. The standard InChI is InChI=1S/C9H16N4OS/c1-3-9(2,14)6-15-8-10-11-12-13(8)7-4-5-7/h7,14H,3-6H2,1-2H3. The fourth-order valence-electron chi connectivity index (χ4n) is 1.15. The second-order valence-corrected chi connectivity index (χ2v) is 5.22. The van der Waals surface area contributed by atoms with Gasteiger partial charge in [-0.1, -0.05) is 18.7 Å². The van der Waals surface area contributed by atoms with Crippen molar-refractivity contribution in [1.29, 1.82) is 0 Å². The van der Waals surface area contributed by atoms with Gasteiger partial charge in [0.1, 0.15) is 0 Å². The highest BCUT2D eigenvalue weighted by atomic mass is 32.2. The average Bonchev–Trinajstić information content (AvgIpc) is 2.95. The van der Waals surface area contributed by atoms with Crippen LogP contribution in [-0.4, -0.2) is 36.7 Å². The molecule has 1 saturated carbocycles. The van der Waals surface area contributed by atoms with Crippen molar-refractivity contribution in [2.24, 2.45) is 0 Å². The lowest BCUT2D eigenvalue weighted by Gasteiger charge is -2.19. The zero-order chi connectivity index (χ0) is 10.9. The van der Waals surface area contributed by atoms with Gasteiger partial charge in [0, 0.05) is 5.75 Å². The van der Waals surface area contributed by atoms with E-state index in [0.717, 1.165) is 11.6 Å². The van der Waals surface area contributed by atoms with Crippen LogP contribution in [0.2, 0.25) is 0 Å². The van der Waals surface area contributed by atoms with Crippen LogP contribution >= 0.6 is 11.8 Å². The molecule has 1 heterocycles. The minimum Gasteiger partial charge on any atom is -0.389 e. The molecule has 0 spiro atoms. The van der Waals surface area contributed by atoms with Gasteiger partial charge in [0.15, 0.2) is 0 Å². The Morgan fingerprint density at radius 2 is 2.33 bits per heavy atom. The molecule has 2 rings (SSSR count). The van der Waals surface area contributed by atoms with Crippen LogP contribution in [0.3, 0.4) is 0 Å². The maximum atomic E-state index is 9.87. The molecule has 6 heteroatoms. The number of hydrogen-bond acceptors (Lipinski definition) is 5. The highest BCUT2D eigenvalue weighted by Gasteiger charge is 2.29. The number of thioether (sulfide) groups is 1. The van der Waals surface area contributed by atoms with Crippen LogP contribution in [0, 0.1) is 0 Å². The fourth-order valence-corrected chi connectivity index (χ4v) is 2.21. The van der Waals surface area contributed by atoms with Crippen LogP contribution in [0.1, 0.15) is 39.2 Å². The molecule has 0 bridgehead atoms. The quantitative estimate of drug-likeness (QED) is 0.769. The van der Waals surface area contributed by atoms with E-state index in [-0.39, 0.29) is 0 Å². The van der Waals surface area contributed by atoms with E-state index in [1.807, 2.05) is 18.5 Å². The van der Waals surface area contributed by atoms with Crippen molar-refractivity contribution < 1.29 is 5.11 Å². The maximum absolute atomic E-state index is 9.87. The third-order valence-electron chi connectivity index (χ3n) is 2.63. The van der Waals surface area contributed by atoms with Crippen LogP contribution in [0.15, 0.2) is 5.16 Å². The second-order valence-electron chi connectivity index (χ2n) is 4.28. The lowest BCUT2D eigenvalue weighted by atomic mass is 10.1. The predicted octanol–water partition coefficient (Wildman–Crippen LogP) is 1.26. The summed E-state index contributed by atoms with van der Waals surface area (Å²) in [5.74, 6) is 0.636. The van der Waals surface area contributed by atoms with E-state index in [9.17, 15) is 5.11 Å². The van der Waals surface area contributed by atoms with Gasteiger partial charge < -0.3 is 5.11 Å². The summed E-state index contributed by atoms with van der Waals surface area (Å²) in [6.45, 7) is 3.82. The molecule has 0 radical (unpaired) electrons. The molecule has 0 amide bonds. The van der Waals surface area contributed by atoms with Crippen molar-refractivity contribution in [2.45, 2.75) is 49.9 Å². The SMILES string of the molecule is CCC(C)(O)CSc1nnnn1C1CC1. The molecule has 1 N–H and O–H groups in total. The molecule has 1 aliphatic rings. The van der Waals surface area contributed by atoms with E-state index >= 15 is 0 Å². The van der Waals surface area contributed by atoms with Gasteiger partial charge >= 0.3 is 0 Å². The van der Waals surface area contributed by atoms with E-state index in [2.05, 4.69) is 15.5 Å². The molecule has 1 fully saturated rings. The lowest BCUT2D eigenvalue weighted by molar-refractivity contribution is 0.0815. The first-order chi connectivity index (χ1) is 7.12. The first-order valence-electron chi connectivity index (χ1n) is 5.25. The van der Waals surface area contributed by atoms with Gasteiger partial charge in [0.05, 0.1) is 11.6 Å². The summed E-state index contributed by atoms with van der Waals surface area (Å²) in [7, 11) is 0. The van der Waals surface area contributed by atoms with E-state index in [1.54, 1.807) is 0 Å². The lowest BCUT2D eigenvalue weighted by Crippen LogP contribution is -2.26. The van der Waals surface area contributed by atoms with Crippen molar-refractivity contribution in [3.05, 3.63) is 0 Å². The van der Waals surface area contributed by atoms with Crippen LogP contribution in [0.5, 0.6) is 0 Å². The largest absolute Gasteiger partial charge is 0.389 e. The molecule has 1 aromatic heterocycles. The highest BCUT2D eigenvalue weighted by molar-refractivity contribution is 7.99. The fraction of sp³-hybridized carbons (Fsp3) is 0.889. The van der Waals surface area contributed by atoms with Crippen molar-refractivity contribution in [2.75, 3.05) is 5.75 Å². The number of rotatable bonds is 5. The zero-order valence-corrected chi connectivity index (χ0v) is 9.87. The number of hydrogen-bond donors (Lipinski definition) is 1. The van der Waals surface area contributed by atoms with E-state index < -0.39 is 5.60 Å². The van der Waals surface area contributed by atoms with Crippen molar-refractivity contribution in [3.63, 3.8) is 0 Å². The molecule has 0 saturated heterocycles. The molecule has 5 nitrogen and oxygen atoms in total. The van der Waals surface area contributed by atoms with E-state index in [0.29, 0.717) is 11.8 Å². The van der Waals surface area contributed by atoms with Gasteiger partial charge in [0.2, 0.25) is 5.16 Å². The summed E-state index contributed by atoms with van der Waals surface area (Å²) in [5.41, 5.74) is -0.634. The van der Waals surface area contributed by atoms with Crippen molar-refractivity contribution >= 4 is 11.8 Å². The monoisotopic (exact) mass is 228 g/mol. The van der Waals surface area contributed by atoms with Gasteiger partial charge in [-0.15, -0.1) is 5.10 Å². The zero-order valence-electron chi connectivity index (χ0n) is 9.05. The van der Waals surface area contributed by atoms with Crippen LogP contribution in [0.4, 0.5) is 0 Å². The number of aromatic nitrogens is 4. The third kappa shape index (κ3) is 2.69. The summed E-state index contributed by atoms with van der Waals surface area (Å²) in [6.07, 6.45) is 3.08. The Kier molecular flexibility index (Phi) is 2.97. The summed E-state index contributed by atoms with van der Waals surface area (Å²) in [4.78, 5) is 0. The topological polar surface area (TPSA) is 63.8 Å². The summed E-state index contributed by atoms with van der Waals surface area (Å²) in [6, 6.07) is 0.495. The Morgan fingerprint density at radius 3 is 2.93 bits per heavy atom. The summed E-state index contributed by atoms with van der Waals surface area (Å²) < 4.78 is 1.87. The first-order valence-corrected chi connectivity index (χ1v) is 6.24. The minimum atomic E-state index is -0.634. The van der Waals surface area contributed by atoms with Crippen LogP contribution in [-0.2, 0) is 0 Å². The van der Waals surface area contributed by atoms with Crippen molar-refractivity contribution in [3.8, 4) is 0 Å². The first kappa shape index (κ1) is 10.9. The highest BCUT2D eigenvalue weighted by Crippen LogP contribution is 2.36. The predicted molar refractivity (Wildman–Crippen MR) is 57.7 cm³/mol. The Morgan fingerprint density at radius 1 is 1.60 bits per heavy atom. The molecule has 0 aliphatic heterocycles. The van der Waals surface area contributed by atoms with Crippen LogP contribution in [0.25, 0.3) is 0 Å². The van der Waals surface area contributed by atoms with E-state index in [4.69, 9.17) is 0 Å². The third-order valence-corrected chi connectivity index (χ3v) is 3.92. The number of nitrogens with zero attached hydrogens (tertiary/aromatic N) is 4. The minimum absolute atomic E-state index is 0.495. The Balaban J connectivity index is 1.95. The van der Waals surface area contributed by atoms with E-state index in [1.165, 1.54) is 24.6 Å². The molecular weight excluding hydrogens is 212 g/mol. The van der Waals surface area contributed by atoms with Gasteiger partial charge in [-0.25, -0.2) is 4.68 Å². The van der Waals surface area contributed by atoms with Gasteiger partial charge in [0.25, 0.3) is 0 Å². The molecule has 84 valence electrons. The number of aliphatic hydroxyl groups is 1. The number of tetrazole rings is 1. The van der Waals surface area contributed by atoms with Gasteiger partial charge in [-0.3, -0.25) is 0 Å². The Labute approximate surface area is 93.2 Å². The van der Waals surface area contributed by atoms with Gasteiger partial charge in [-0.2, -0.15) is 0 Å². The summed E-state index contributed by atoms with van der Waals surface area (Å²) >= 11 is 1.53. The van der Waals surface area contributed by atoms with Gasteiger partial charge in [-0.05, 0) is 36.6 Å². The smallest absolute Gasteiger partial charge is 0.209 e. The molecule has 15 heavy (non-hydrogen) atoms. The molecule has 1 atom stereocenters. The van der Waals surface area contributed by atoms with Crippen molar-refractivity contribution in [1.82, 2.24) is 20.2 Å². The molecular formula is C9H16N4OS. The maximum Gasteiger partial charge on any atom is 0.209 e. The Bertz CT molecular complexity index is 335. The normalized spacial score (nSPS) is 20.2. The molecule has 0 aromatic carbocycles. The molecule has 1 unspecified atom stereocenters. The second kappa shape index (κ2) is 4.09. The Hall–Kier alpha value is -0.620. The average molecular weight is 228 g/mol.